The average molecular weight is 334 g/mol. The third-order valence-corrected chi connectivity index (χ3v) is 3.38. The molecule has 0 saturated heterocycles. The summed E-state index contributed by atoms with van der Waals surface area (Å²) < 4.78 is 31.3. The lowest BCUT2D eigenvalue weighted by Gasteiger charge is -2.08. The van der Waals surface area contributed by atoms with Gasteiger partial charge in [-0.25, -0.2) is 8.78 Å². The van der Waals surface area contributed by atoms with Gasteiger partial charge in [0.05, 0.1) is 0 Å². The van der Waals surface area contributed by atoms with Crippen LogP contribution in [-0.4, -0.2) is 19.1 Å². The number of hydrogen-bond acceptors (Lipinski definition) is 3. The van der Waals surface area contributed by atoms with Crippen LogP contribution >= 0.6 is 0 Å². The lowest BCUT2D eigenvalue weighted by Crippen LogP contribution is -2.12. The molecule has 0 aliphatic carbocycles. The number of aryl methyl sites for hydroxylation is 1. The smallest absolute Gasteiger partial charge is 0.224 e. The van der Waals surface area contributed by atoms with Crippen LogP contribution in [0.15, 0.2) is 42.5 Å². The highest BCUT2D eigenvalue weighted by Gasteiger charge is 2.05. The van der Waals surface area contributed by atoms with Crippen LogP contribution in [0.3, 0.4) is 0 Å². The number of carbonyl (C=O) groups excluding carboxylic acids is 1. The zero-order valence-electron chi connectivity index (χ0n) is 13.2. The molecule has 0 spiro atoms. The Kier molecular flexibility index (Phi) is 6.69. The van der Waals surface area contributed by atoms with E-state index < -0.39 is 11.6 Å². The summed E-state index contributed by atoms with van der Waals surface area (Å²) in [6, 6.07) is 10.8. The molecule has 6 heteroatoms. The number of rotatable bonds is 8. The zero-order chi connectivity index (χ0) is 17.4. The Labute approximate surface area is 139 Å². The predicted octanol–water partition coefficient (Wildman–Crippen LogP) is 3.26. The number of halogens is 2. The Balaban J connectivity index is 1.75. The van der Waals surface area contributed by atoms with E-state index in [9.17, 15) is 13.6 Å². The molecule has 0 atom stereocenters. The van der Waals surface area contributed by atoms with Crippen molar-refractivity contribution in [2.45, 2.75) is 19.3 Å². The zero-order valence-corrected chi connectivity index (χ0v) is 13.2. The van der Waals surface area contributed by atoms with Crippen molar-refractivity contribution in [2.24, 2.45) is 5.73 Å². The van der Waals surface area contributed by atoms with Crippen LogP contribution in [0.5, 0.6) is 5.75 Å². The maximum Gasteiger partial charge on any atom is 0.224 e. The molecule has 0 aliphatic rings. The molecule has 0 radical (unpaired) electrons. The summed E-state index contributed by atoms with van der Waals surface area (Å²) in [5.74, 6) is -1.17. The summed E-state index contributed by atoms with van der Waals surface area (Å²) in [4.78, 5) is 11.9. The summed E-state index contributed by atoms with van der Waals surface area (Å²) in [7, 11) is 0. The van der Waals surface area contributed by atoms with Crippen molar-refractivity contribution in [1.29, 1.82) is 0 Å². The van der Waals surface area contributed by atoms with Gasteiger partial charge >= 0.3 is 0 Å². The largest absolute Gasteiger partial charge is 0.492 e. The van der Waals surface area contributed by atoms with E-state index in [0.717, 1.165) is 12.1 Å². The first-order chi connectivity index (χ1) is 11.6. The Morgan fingerprint density at radius 2 is 1.83 bits per heavy atom. The third kappa shape index (κ3) is 5.62. The molecule has 3 N–H and O–H groups in total. The van der Waals surface area contributed by atoms with E-state index in [0.29, 0.717) is 49.4 Å². The van der Waals surface area contributed by atoms with E-state index in [2.05, 4.69) is 5.32 Å². The highest BCUT2D eigenvalue weighted by Crippen LogP contribution is 2.16. The van der Waals surface area contributed by atoms with Gasteiger partial charge in [0.2, 0.25) is 5.91 Å². The van der Waals surface area contributed by atoms with Gasteiger partial charge < -0.3 is 15.8 Å². The maximum absolute atomic E-state index is 13.1. The van der Waals surface area contributed by atoms with Crippen molar-refractivity contribution in [3.63, 3.8) is 0 Å². The number of nitrogens with one attached hydrogen (secondary N) is 1. The van der Waals surface area contributed by atoms with E-state index in [1.54, 1.807) is 24.3 Å². The van der Waals surface area contributed by atoms with E-state index in [-0.39, 0.29) is 5.91 Å². The highest BCUT2D eigenvalue weighted by molar-refractivity contribution is 5.90. The van der Waals surface area contributed by atoms with E-state index in [4.69, 9.17) is 10.5 Å². The van der Waals surface area contributed by atoms with Crippen molar-refractivity contribution < 1.29 is 18.3 Å². The van der Waals surface area contributed by atoms with Gasteiger partial charge in [-0.2, -0.15) is 0 Å². The van der Waals surface area contributed by atoms with Gasteiger partial charge in [-0.3, -0.25) is 4.79 Å². The van der Waals surface area contributed by atoms with Gasteiger partial charge in [0.25, 0.3) is 0 Å². The highest BCUT2D eigenvalue weighted by atomic mass is 19.2. The minimum absolute atomic E-state index is 0.131. The van der Waals surface area contributed by atoms with Crippen LogP contribution in [0.1, 0.15) is 18.4 Å². The van der Waals surface area contributed by atoms with Crippen LogP contribution in [0.4, 0.5) is 14.5 Å². The lowest BCUT2D eigenvalue weighted by molar-refractivity contribution is -0.116. The van der Waals surface area contributed by atoms with Crippen LogP contribution < -0.4 is 15.8 Å². The van der Waals surface area contributed by atoms with E-state index in [1.165, 1.54) is 6.07 Å². The Hall–Kier alpha value is -2.47. The number of anilines is 1. The molecule has 0 fully saturated rings. The molecular weight excluding hydrogens is 314 g/mol. The third-order valence-electron chi connectivity index (χ3n) is 3.38. The van der Waals surface area contributed by atoms with Crippen LogP contribution in [0.2, 0.25) is 0 Å². The summed E-state index contributed by atoms with van der Waals surface area (Å²) in [5.41, 5.74) is 6.70. The average Bonchev–Trinajstić information content (AvgIpc) is 2.57. The molecule has 128 valence electrons. The molecule has 4 nitrogen and oxygen atoms in total. The lowest BCUT2D eigenvalue weighted by atomic mass is 10.1. The number of carbonyl (C=O) groups is 1. The molecule has 0 heterocycles. The van der Waals surface area contributed by atoms with Gasteiger partial charge in [0, 0.05) is 18.7 Å². The summed E-state index contributed by atoms with van der Waals surface area (Å²) in [5, 5.41) is 2.78. The van der Waals surface area contributed by atoms with Crippen molar-refractivity contribution in [3.8, 4) is 5.75 Å². The molecule has 0 aliphatic heterocycles. The number of ether oxygens (including phenoxy) is 1. The van der Waals surface area contributed by atoms with Crippen LogP contribution in [0, 0.1) is 11.6 Å². The normalized spacial score (nSPS) is 10.5. The Morgan fingerprint density at radius 1 is 1.08 bits per heavy atom. The number of nitrogens with two attached hydrogens (primary N) is 1. The van der Waals surface area contributed by atoms with E-state index >= 15 is 0 Å². The van der Waals surface area contributed by atoms with Gasteiger partial charge in [0.15, 0.2) is 11.6 Å². The molecule has 2 rings (SSSR count). The minimum atomic E-state index is -0.867. The molecule has 2 aromatic carbocycles. The van der Waals surface area contributed by atoms with Gasteiger partial charge in [-0.15, -0.1) is 0 Å². The standard InChI is InChI=1S/C18H20F2N2O2/c19-16-9-4-13(12-17(16)20)2-1-3-18(23)22-14-5-7-15(8-6-14)24-11-10-21/h4-9,12H,1-3,10-11,21H2,(H,22,23). The van der Waals surface area contributed by atoms with Crippen molar-refractivity contribution in [3.05, 3.63) is 59.7 Å². The molecule has 0 saturated carbocycles. The second-order valence-electron chi connectivity index (χ2n) is 5.31. The van der Waals surface area contributed by atoms with Crippen LogP contribution in [-0.2, 0) is 11.2 Å². The topological polar surface area (TPSA) is 64.3 Å². The molecule has 24 heavy (non-hydrogen) atoms. The summed E-state index contributed by atoms with van der Waals surface area (Å²) in [6.07, 6.45) is 1.36. The first-order valence-corrected chi connectivity index (χ1v) is 7.75. The molecule has 0 bridgehead atoms. The quantitative estimate of drug-likeness (QED) is 0.779. The van der Waals surface area contributed by atoms with Crippen molar-refractivity contribution >= 4 is 11.6 Å². The molecular formula is C18H20F2N2O2. The fourth-order valence-corrected chi connectivity index (χ4v) is 2.18. The van der Waals surface area contributed by atoms with Gasteiger partial charge in [-0.1, -0.05) is 6.07 Å². The second-order valence-corrected chi connectivity index (χ2v) is 5.31. The summed E-state index contributed by atoms with van der Waals surface area (Å²) >= 11 is 0. The number of hydrogen-bond donors (Lipinski definition) is 2. The Morgan fingerprint density at radius 3 is 2.50 bits per heavy atom. The van der Waals surface area contributed by atoms with Crippen molar-refractivity contribution in [1.82, 2.24) is 0 Å². The number of amides is 1. The van der Waals surface area contributed by atoms with Crippen LogP contribution in [0.25, 0.3) is 0 Å². The fourth-order valence-electron chi connectivity index (χ4n) is 2.18. The van der Waals surface area contributed by atoms with Gasteiger partial charge in [0.1, 0.15) is 12.4 Å². The van der Waals surface area contributed by atoms with Crippen molar-refractivity contribution in [2.75, 3.05) is 18.5 Å². The minimum Gasteiger partial charge on any atom is -0.492 e. The first-order valence-electron chi connectivity index (χ1n) is 7.75. The van der Waals surface area contributed by atoms with Gasteiger partial charge in [-0.05, 0) is 54.8 Å². The maximum atomic E-state index is 13.1. The molecule has 0 unspecified atom stereocenters. The molecule has 1 amide bonds. The fraction of sp³-hybridized carbons (Fsp3) is 0.278. The summed E-state index contributed by atoms with van der Waals surface area (Å²) in [6.45, 7) is 0.881. The number of benzene rings is 2. The Bertz CT molecular complexity index is 675. The monoisotopic (exact) mass is 334 g/mol. The predicted molar refractivity (Wildman–Crippen MR) is 88.9 cm³/mol. The SMILES string of the molecule is NCCOc1ccc(NC(=O)CCCc2ccc(F)c(F)c2)cc1. The molecule has 2 aromatic rings. The molecule has 0 aromatic heterocycles. The van der Waals surface area contributed by atoms with E-state index in [1.807, 2.05) is 0 Å². The second kappa shape index (κ2) is 8.98. The first kappa shape index (κ1) is 17.9.